The summed E-state index contributed by atoms with van der Waals surface area (Å²) < 4.78 is 18.1. The molecule has 1 aromatic rings. The Balaban J connectivity index is 1.99. The van der Waals surface area contributed by atoms with E-state index in [0.717, 1.165) is 0 Å². The maximum absolute atomic E-state index is 12.9. The van der Waals surface area contributed by atoms with Crippen LogP contribution in [0.1, 0.15) is 6.92 Å². The maximum atomic E-state index is 12.9. The number of hydrogen-bond acceptors (Lipinski definition) is 3. The van der Waals surface area contributed by atoms with Gasteiger partial charge >= 0.3 is 0 Å². The van der Waals surface area contributed by atoms with Crippen LogP contribution < -0.4 is 5.32 Å². The van der Waals surface area contributed by atoms with Gasteiger partial charge in [0.15, 0.2) is 0 Å². The molecule has 1 atom stereocenters. The molecule has 0 bridgehead atoms. The molecule has 1 aliphatic heterocycles. The quantitative estimate of drug-likeness (QED) is 0.926. The maximum Gasteiger partial charge on any atom is 0.244 e. The summed E-state index contributed by atoms with van der Waals surface area (Å²) in [6.45, 7) is 4.09. The normalized spacial score (nSPS) is 17.1. The number of ether oxygens (including phenoxy) is 1. The predicted octanol–water partition coefficient (Wildman–Crippen LogP) is 2.14. The zero-order chi connectivity index (χ0) is 13.8. The fourth-order valence-corrected chi connectivity index (χ4v) is 2.18. The number of carbonyl (C=O) groups excluding carboxylic acids is 1. The summed E-state index contributed by atoms with van der Waals surface area (Å²) in [7, 11) is 0. The van der Waals surface area contributed by atoms with E-state index in [2.05, 4.69) is 5.32 Å². The molecule has 1 aromatic carbocycles. The van der Waals surface area contributed by atoms with Gasteiger partial charge in [-0.2, -0.15) is 0 Å². The Kier molecular flexibility index (Phi) is 4.61. The van der Waals surface area contributed by atoms with Gasteiger partial charge in [-0.15, -0.1) is 0 Å². The van der Waals surface area contributed by atoms with Crippen molar-refractivity contribution in [2.45, 2.75) is 13.0 Å². The standard InChI is InChI=1S/C13H16ClFN2O2/c1-9(13(18)17-4-6-19-7-5-17)16-12-3-2-10(15)8-11(12)14/h2-3,8-9,16H,4-7H2,1H3. The molecule has 6 heteroatoms. The van der Waals surface area contributed by atoms with Crippen LogP contribution in [0.25, 0.3) is 0 Å². The molecule has 1 fully saturated rings. The molecule has 19 heavy (non-hydrogen) atoms. The lowest BCUT2D eigenvalue weighted by Gasteiger charge is -2.29. The van der Waals surface area contributed by atoms with Crippen molar-refractivity contribution < 1.29 is 13.9 Å². The molecule has 0 saturated carbocycles. The number of anilines is 1. The van der Waals surface area contributed by atoms with Crippen molar-refractivity contribution in [1.29, 1.82) is 0 Å². The van der Waals surface area contributed by atoms with E-state index in [9.17, 15) is 9.18 Å². The Labute approximate surface area is 116 Å². The van der Waals surface area contributed by atoms with E-state index in [-0.39, 0.29) is 10.9 Å². The zero-order valence-electron chi connectivity index (χ0n) is 10.7. The van der Waals surface area contributed by atoms with Crippen LogP contribution in [0.15, 0.2) is 18.2 Å². The highest BCUT2D eigenvalue weighted by Crippen LogP contribution is 2.23. The van der Waals surface area contributed by atoms with E-state index < -0.39 is 11.9 Å². The first kappa shape index (κ1) is 14.1. The lowest BCUT2D eigenvalue weighted by Crippen LogP contribution is -2.47. The van der Waals surface area contributed by atoms with Gasteiger partial charge in [-0.05, 0) is 25.1 Å². The lowest BCUT2D eigenvalue weighted by molar-refractivity contribution is -0.135. The van der Waals surface area contributed by atoms with Crippen LogP contribution in [-0.2, 0) is 9.53 Å². The highest BCUT2D eigenvalue weighted by atomic mass is 35.5. The van der Waals surface area contributed by atoms with Crippen LogP contribution >= 0.6 is 11.6 Å². The molecule has 4 nitrogen and oxygen atoms in total. The average Bonchev–Trinajstić information content (AvgIpc) is 2.42. The first-order valence-electron chi connectivity index (χ1n) is 6.16. The summed E-state index contributed by atoms with van der Waals surface area (Å²) in [6.07, 6.45) is 0. The van der Waals surface area contributed by atoms with E-state index in [0.29, 0.717) is 32.0 Å². The number of nitrogens with zero attached hydrogens (tertiary/aromatic N) is 1. The zero-order valence-corrected chi connectivity index (χ0v) is 11.4. The third kappa shape index (κ3) is 3.58. The van der Waals surface area contributed by atoms with Gasteiger partial charge in [0.1, 0.15) is 11.9 Å². The van der Waals surface area contributed by atoms with E-state index in [1.165, 1.54) is 18.2 Å². The Morgan fingerprint density at radius 1 is 1.47 bits per heavy atom. The second-order valence-electron chi connectivity index (χ2n) is 4.43. The highest BCUT2D eigenvalue weighted by Gasteiger charge is 2.22. The van der Waals surface area contributed by atoms with Crippen LogP contribution in [0.3, 0.4) is 0 Å². The van der Waals surface area contributed by atoms with Gasteiger partial charge in [-0.3, -0.25) is 4.79 Å². The molecule has 1 heterocycles. The molecule has 1 saturated heterocycles. The SMILES string of the molecule is CC(Nc1ccc(F)cc1Cl)C(=O)N1CCOCC1. The van der Waals surface area contributed by atoms with Gasteiger partial charge in [0.25, 0.3) is 0 Å². The fourth-order valence-electron chi connectivity index (χ4n) is 1.96. The minimum atomic E-state index is -0.416. The summed E-state index contributed by atoms with van der Waals surface area (Å²) in [6, 6.07) is 3.64. The lowest BCUT2D eigenvalue weighted by atomic mass is 10.2. The van der Waals surface area contributed by atoms with E-state index >= 15 is 0 Å². The summed E-state index contributed by atoms with van der Waals surface area (Å²) >= 11 is 5.92. The molecule has 0 aliphatic carbocycles. The molecular weight excluding hydrogens is 271 g/mol. The van der Waals surface area contributed by atoms with Crippen molar-refractivity contribution >= 4 is 23.2 Å². The van der Waals surface area contributed by atoms with Crippen molar-refractivity contribution in [3.63, 3.8) is 0 Å². The number of benzene rings is 1. The third-order valence-electron chi connectivity index (χ3n) is 3.00. The number of morpholine rings is 1. The van der Waals surface area contributed by atoms with Gasteiger partial charge in [0.2, 0.25) is 5.91 Å². The number of hydrogen-bond donors (Lipinski definition) is 1. The second-order valence-corrected chi connectivity index (χ2v) is 4.84. The minimum Gasteiger partial charge on any atom is -0.378 e. The van der Waals surface area contributed by atoms with Crippen LogP contribution in [-0.4, -0.2) is 43.2 Å². The van der Waals surface area contributed by atoms with E-state index in [4.69, 9.17) is 16.3 Å². The van der Waals surface area contributed by atoms with E-state index in [1.54, 1.807) is 11.8 Å². The summed E-state index contributed by atoms with van der Waals surface area (Å²) in [5, 5.41) is 3.27. The number of halogens is 2. The smallest absolute Gasteiger partial charge is 0.244 e. The molecule has 1 amide bonds. The average molecular weight is 287 g/mol. The van der Waals surface area contributed by atoms with Gasteiger partial charge in [-0.1, -0.05) is 11.6 Å². The van der Waals surface area contributed by atoms with Crippen molar-refractivity contribution in [2.75, 3.05) is 31.6 Å². The predicted molar refractivity (Wildman–Crippen MR) is 71.9 cm³/mol. The van der Waals surface area contributed by atoms with Crippen molar-refractivity contribution in [3.05, 3.63) is 29.0 Å². The highest BCUT2D eigenvalue weighted by molar-refractivity contribution is 6.33. The molecule has 0 spiro atoms. The number of rotatable bonds is 3. The fraction of sp³-hybridized carbons (Fsp3) is 0.462. The van der Waals surface area contributed by atoms with Crippen LogP contribution in [0.4, 0.5) is 10.1 Å². The molecule has 104 valence electrons. The van der Waals surface area contributed by atoms with Crippen molar-refractivity contribution in [1.82, 2.24) is 4.90 Å². The first-order chi connectivity index (χ1) is 9.08. The molecular formula is C13H16ClFN2O2. The molecule has 1 unspecified atom stereocenters. The minimum absolute atomic E-state index is 0.0105. The van der Waals surface area contributed by atoms with Gasteiger partial charge < -0.3 is 15.0 Å². The van der Waals surface area contributed by atoms with Crippen molar-refractivity contribution in [2.24, 2.45) is 0 Å². The van der Waals surface area contributed by atoms with Crippen LogP contribution in [0.5, 0.6) is 0 Å². The van der Waals surface area contributed by atoms with Crippen LogP contribution in [0.2, 0.25) is 5.02 Å². The number of nitrogens with one attached hydrogen (secondary N) is 1. The Morgan fingerprint density at radius 2 is 2.16 bits per heavy atom. The topological polar surface area (TPSA) is 41.6 Å². The summed E-state index contributed by atoms with van der Waals surface area (Å²) in [4.78, 5) is 13.9. The number of carbonyl (C=O) groups is 1. The Bertz CT molecular complexity index is 464. The largest absolute Gasteiger partial charge is 0.378 e. The third-order valence-corrected chi connectivity index (χ3v) is 3.31. The van der Waals surface area contributed by atoms with Gasteiger partial charge in [-0.25, -0.2) is 4.39 Å². The van der Waals surface area contributed by atoms with Crippen LogP contribution in [0, 0.1) is 5.82 Å². The Hall–Kier alpha value is -1.33. The molecule has 1 aliphatic rings. The first-order valence-corrected chi connectivity index (χ1v) is 6.54. The summed E-state index contributed by atoms with van der Waals surface area (Å²) in [5.41, 5.74) is 0.553. The molecule has 0 aromatic heterocycles. The second kappa shape index (κ2) is 6.21. The summed E-state index contributed by atoms with van der Waals surface area (Å²) in [5.74, 6) is -0.411. The van der Waals surface area contributed by atoms with Crippen molar-refractivity contribution in [3.8, 4) is 0 Å². The van der Waals surface area contributed by atoms with E-state index in [1.807, 2.05) is 0 Å². The number of amides is 1. The molecule has 1 N–H and O–H groups in total. The monoisotopic (exact) mass is 286 g/mol. The Morgan fingerprint density at radius 3 is 2.79 bits per heavy atom. The molecule has 0 radical (unpaired) electrons. The molecule has 2 rings (SSSR count). The van der Waals surface area contributed by atoms with Gasteiger partial charge in [0.05, 0.1) is 23.9 Å². The van der Waals surface area contributed by atoms with Gasteiger partial charge in [0, 0.05) is 13.1 Å².